The number of carbonyl (C=O) groups excluding carboxylic acids is 4. The SMILES string of the molecule is C=Cc1cccc([C@@H](C)OC(=O)[C@@H]2CCCN(C(=O)[C@H](Cc3cccc(O[Si](C)(C)C(C)(C)C)c3)NC(=O)[C@@H](NC(=O)OC(C)(C)C)C(C)C)N2)c1. The van der Waals surface area contributed by atoms with Gasteiger partial charge in [0.25, 0.3) is 5.91 Å². The molecule has 0 aromatic heterocycles. The lowest BCUT2D eigenvalue weighted by Gasteiger charge is -2.37. The Kier molecular flexibility index (Phi) is 14.3. The van der Waals surface area contributed by atoms with E-state index < -0.39 is 62.0 Å². The highest BCUT2D eigenvalue weighted by Gasteiger charge is 2.39. The highest BCUT2D eigenvalue weighted by atomic mass is 28.4. The Morgan fingerprint density at radius 2 is 1.67 bits per heavy atom. The number of benzene rings is 2. The van der Waals surface area contributed by atoms with Crippen LogP contribution in [0.3, 0.4) is 0 Å². The topological polar surface area (TPSA) is 135 Å². The number of hydrazine groups is 1. The maximum absolute atomic E-state index is 14.3. The summed E-state index contributed by atoms with van der Waals surface area (Å²) in [4.78, 5) is 54.2. The van der Waals surface area contributed by atoms with Gasteiger partial charge in [-0.3, -0.25) is 19.4 Å². The smallest absolute Gasteiger partial charge is 0.408 e. The van der Waals surface area contributed by atoms with E-state index in [0.29, 0.717) is 25.1 Å². The standard InChI is InChI=1S/C40H60N4O7Si/c1-13-28-17-14-19-30(23-28)27(4)49-37(47)32-21-16-22-44(43-32)36(46)33(41-35(45)34(26(2)3)42-38(48)50-39(5,6)7)25-29-18-15-20-31(24-29)51-52(11,12)40(8,9)10/h13-15,17-20,23-24,26-27,32-34,43H,1,16,21-22,25H2,2-12H3,(H,41,45)(H,42,48)/t27-,32+,33+,34+/m1/s1. The Labute approximate surface area is 311 Å². The third-order valence-electron chi connectivity index (χ3n) is 9.40. The van der Waals surface area contributed by atoms with Gasteiger partial charge in [0.1, 0.15) is 35.6 Å². The number of esters is 1. The molecular formula is C40H60N4O7Si. The molecule has 3 N–H and O–H groups in total. The monoisotopic (exact) mass is 736 g/mol. The molecule has 0 radical (unpaired) electrons. The first-order valence-corrected chi connectivity index (χ1v) is 21.1. The molecule has 4 atom stereocenters. The summed E-state index contributed by atoms with van der Waals surface area (Å²) in [6, 6.07) is 12.4. The van der Waals surface area contributed by atoms with Gasteiger partial charge in [-0.25, -0.2) is 10.2 Å². The summed E-state index contributed by atoms with van der Waals surface area (Å²) < 4.78 is 17.8. The zero-order valence-corrected chi connectivity index (χ0v) is 33.9. The molecule has 1 heterocycles. The molecule has 0 aliphatic carbocycles. The average molecular weight is 737 g/mol. The molecule has 1 fully saturated rings. The van der Waals surface area contributed by atoms with Crippen LogP contribution in [0.4, 0.5) is 4.79 Å². The summed E-state index contributed by atoms with van der Waals surface area (Å²) in [7, 11) is -2.16. The number of hydrogen-bond donors (Lipinski definition) is 3. The minimum Gasteiger partial charge on any atom is -0.543 e. The van der Waals surface area contributed by atoms with Gasteiger partial charge in [0.2, 0.25) is 14.2 Å². The van der Waals surface area contributed by atoms with Gasteiger partial charge >= 0.3 is 12.1 Å². The molecule has 12 heteroatoms. The van der Waals surface area contributed by atoms with E-state index in [1.54, 1.807) is 47.6 Å². The lowest BCUT2D eigenvalue weighted by molar-refractivity contribution is -0.157. The molecule has 3 amide bonds. The molecule has 2 aromatic rings. The fourth-order valence-corrected chi connectivity index (χ4v) is 6.44. The Bertz CT molecular complexity index is 1580. The molecule has 2 aromatic carbocycles. The van der Waals surface area contributed by atoms with Gasteiger partial charge in [0, 0.05) is 13.0 Å². The summed E-state index contributed by atoms with van der Waals surface area (Å²) in [5.41, 5.74) is 4.84. The largest absolute Gasteiger partial charge is 0.543 e. The Morgan fingerprint density at radius 1 is 1.00 bits per heavy atom. The van der Waals surface area contributed by atoms with Gasteiger partial charge in [-0.05, 0) is 99.5 Å². The van der Waals surface area contributed by atoms with Crippen molar-refractivity contribution in [2.24, 2.45) is 5.92 Å². The van der Waals surface area contributed by atoms with Crippen LogP contribution in [0.1, 0.15) is 97.9 Å². The summed E-state index contributed by atoms with van der Waals surface area (Å²) >= 11 is 0. The highest BCUT2D eigenvalue weighted by Crippen LogP contribution is 2.37. The van der Waals surface area contributed by atoms with Gasteiger partial charge in [0.05, 0.1) is 0 Å². The van der Waals surface area contributed by atoms with Crippen LogP contribution in [-0.4, -0.2) is 67.5 Å². The average Bonchev–Trinajstić information content (AvgIpc) is 3.05. The molecule has 52 heavy (non-hydrogen) atoms. The molecule has 1 aliphatic rings. The lowest BCUT2D eigenvalue weighted by atomic mass is 10.0. The molecule has 11 nitrogen and oxygen atoms in total. The van der Waals surface area contributed by atoms with Gasteiger partial charge in [-0.2, -0.15) is 0 Å². The third-order valence-corrected chi connectivity index (χ3v) is 13.8. The summed E-state index contributed by atoms with van der Waals surface area (Å²) in [6.07, 6.45) is 1.64. The van der Waals surface area contributed by atoms with Crippen LogP contribution < -0.4 is 20.5 Å². The van der Waals surface area contributed by atoms with Crippen molar-refractivity contribution in [2.45, 2.75) is 130 Å². The first kappa shape index (κ1) is 42.3. The van der Waals surface area contributed by atoms with E-state index in [1.807, 2.05) is 48.5 Å². The summed E-state index contributed by atoms with van der Waals surface area (Å²) in [5.74, 6) is -1.05. The second kappa shape index (κ2) is 17.6. The molecule has 1 aliphatic heterocycles. The van der Waals surface area contributed by atoms with E-state index in [2.05, 4.69) is 56.5 Å². The van der Waals surface area contributed by atoms with Crippen molar-refractivity contribution < 1.29 is 33.1 Å². The number of rotatable bonds is 13. The number of hydrogen-bond acceptors (Lipinski definition) is 8. The van der Waals surface area contributed by atoms with Crippen LogP contribution in [0, 0.1) is 5.92 Å². The second-order valence-corrected chi connectivity index (χ2v) is 21.1. The minimum atomic E-state index is -2.16. The molecule has 0 unspecified atom stereocenters. The van der Waals surface area contributed by atoms with Crippen LogP contribution in [0.25, 0.3) is 6.08 Å². The summed E-state index contributed by atoms with van der Waals surface area (Å²) in [6.45, 7) is 25.6. The van der Waals surface area contributed by atoms with E-state index in [0.717, 1.165) is 16.7 Å². The van der Waals surface area contributed by atoms with E-state index in [9.17, 15) is 19.2 Å². The Balaban J connectivity index is 1.86. The number of ether oxygens (including phenoxy) is 2. The highest BCUT2D eigenvalue weighted by molar-refractivity contribution is 6.74. The second-order valence-electron chi connectivity index (χ2n) is 16.4. The van der Waals surface area contributed by atoms with Crippen molar-refractivity contribution in [3.05, 3.63) is 71.8 Å². The summed E-state index contributed by atoms with van der Waals surface area (Å²) in [5, 5.41) is 6.96. The van der Waals surface area contributed by atoms with Crippen LogP contribution in [0.5, 0.6) is 5.75 Å². The van der Waals surface area contributed by atoms with E-state index in [1.165, 1.54) is 5.01 Å². The van der Waals surface area contributed by atoms with Gasteiger partial charge in [-0.1, -0.05) is 77.6 Å². The lowest BCUT2D eigenvalue weighted by Crippen LogP contribution is -2.62. The molecule has 0 saturated carbocycles. The zero-order chi connectivity index (χ0) is 39.0. The predicted molar refractivity (Wildman–Crippen MR) is 207 cm³/mol. The van der Waals surface area contributed by atoms with Gasteiger partial charge < -0.3 is 24.5 Å². The minimum absolute atomic E-state index is 0.0203. The zero-order valence-electron chi connectivity index (χ0n) is 32.9. The predicted octanol–water partition coefficient (Wildman–Crippen LogP) is 7.09. The maximum Gasteiger partial charge on any atom is 0.408 e. The van der Waals surface area contributed by atoms with Gasteiger partial charge in [0.15, 0.2) is 0 Å². The van der Waals surface area contributed by atoms with Crippen LogP contribution >= 0.6 is 0 Å². The Hall–Kier alpha value is -4.16. The van der Waals surface area contributed by atoms with E-state index in [-0.39, 0.29) is 17.4 Å². The van der Waals surface area contributed by atoms with E-state index in [4.69, 9.17) is 13.9 Å². The number of alkyl carbamates (subject to hydrolysis) is 1. The van der Waals surface area contributed by atoms with Crippen molar-refractivity contribution in [2.75, 3.05) is 6.54 Å². The van der Waals surface area contributed by atoms with Gasteiger partial charge in [-0.15, -0.1) is 0 Å². The quantitative estimate of drug-likeness (QED) is 0.147. The molecule has 0 spiro atoms. The van der Waals surface area contributed by atoms with Crippen molar-refractivity contribution >= 4 is 38.3 Å². The van der Waals surface area contributed by atoms with Crippen molar-refractivity contribution in [3.63, 3.8) is 0 Å². The number of amides is 3. The van der Waals surface area contributed by atoms with Crippen LogP contribution in [0.15, 0.2) is 55.1 Å². The fraction of sp³-hybridized carbons (Fsp3) is 0.550. The molecule has 1 saturated heterocycles. The normalized spacial score (nSPS) is 17.0. The molecule has 3 rings (SSSR count). The fourth-order valence-electron chi connectivity index (χ4n) is 5.42. The number of nitrogens with one attached hydrogen (secondary N) is 3. The third kappa shape index (κ3) is 12.2. The first-order chi connectivity index (χ1) is 24.1. The first-order valence-electron chi connectivity index (χ1n) is 18.2. The maximum atomic E-state index is 14.3. The number of carbonyl (C=O) groups is 4. The van der Waals surface area contributed by atoms with Crippen LogP contribution in [0.2, 0.25) is 18.1 Å². The molecule has 0 bridgehead atoms. The van der Waals surface area contributed by atoms with E-state index >= 15 is 0 Å². The van der Waals surface area contributed by atoms with Crippen LogP contribution in [-0.2, 0) is 30.3 Å². The van der Waals surface area contributed by atoms with Crippen molar-refractivity contribution in [1.29, 1.82) is 0 Å². The van der Waals surface area contributed by atoms with Crippen molar-refractivity contribution in [3.8, 4) is 5.75 Å². The van der Waals surface area contributed by atoms with Crippen molar-refractivity contribution in [1.82, 2.24) is 21.1 Å². The Morgan fingerprint density at radius 3 is 2.29 bits per heavy atom. The molecule has 286 valence electrons. The number of nitrogens with zero attached hydrogens (tertiary/aromatic N) is 1. The molecular weight excluding hydrogens is 677 g/mol.